The summed E-state index contributed by atoms with van der Waals surface area (Å²) < 4.78 is 0. The van der Waals surface area contributed by atoms with E-state index in [9.17, 15) is 4.91 Å². The first kappa shape index (κ1) is 6.75. The molecule has 0 aromatic carbocycles. The van der Waals surface area contributed by atoms with Crippen molar-refractivity contribution in [2.45, 2.75) is 0 Å². The van der Waals surface area contributed by atoms with Crippen molar-refractivity contribution < 1.29 is 4.84 Å². The van der Waals surface area contributed by atoms with E-state index in [1.165, 1.54) is 0 Å². The highest BCUT2D eigenvalue weighted by molar-refractivity contribution is 7.98. The molecule has 0 bridgehead atoms. The van der Waals surface area contributed by atoms with E-state index in [2.05, 4.69) is 10.2 Å². The molecule has 4 heteroatoms. The second-order valence-electron chi connectivity index (χ2n) is 0.901. The SMILES string of the molecule is CSCCON=O. The third-order valence-electron chi connectivity index (χ3n) is 0.431. The molecule has 0 N–H and O–H groups in total. The molecule has 0 unspecified atom stereocenters. The lowest BCUT2D eigenvalue weighted by atomic mass is 10.9. The van der Waals surface area contributed by atoms with Crippen LogP contribution in [0.25, 0.3) is 0 Å². The summed E-state index contributed by atoms with van der Waals surface area (Å²) in [5, 5.41) is 2.21. The lowest BCUT2D eigenvalue weighted by molar-refractivity contribution is 0.156. The standard InChI is InChI=1S/C3H7NO2S/c1-7-3-2-6-4-5/h2-3H2,1H3. The molecule has 0 amide bonds. The van der Waals surface area contributed by atoms with E-state index in [0.717, 1.165) is 5.75 Å². The summed E-state index contributed by atoms with van der Waals surface area (Å²) in [6, 6.07) is 0. The fraction of sp³-hybridized carbons (Fsp3) is 1.00. The molecule has 0 aromatic rings. The van der Waals surface area contributed by atoms with Crippen LogP contribution in [0.2, 0.25) is 0 Å². The molecule has 0 saturated carbocycles. The number of rotatable bonds is 4. The summed E-state index contributed by atoms with van der Waals surface area (Å²) in [5.41, 5.74) is 0. The van der Waals surface area contributed by atoms with E-state index in [4.69, 9.17) is 0 Å². The van der Waals surface area contributed by atoms with Crippen molar-refractivity contribution in [3.63, 3.8) is 0 Å². The molecule has 0 aliphatic rings. The van der Waals surface area contributed by atoms with Crippen LogP contribution in [0.15, 0.2) is 5.34 Å². The van der Waals surface area contributed by atoms with Gasteiger partial charge >= 0.3 is 0 Å². The maximum Gasteiger partial charge on any atom is 0.155 e. The van der Waals surface area contributed by atoms with E-state index in [1.807, 2.05) is 6.26 Å². The molecule has 0 rings (SSSR count). The monoisotopic (exact) mass is 121 g/mol. The van der Waals surface area contributed by atoms with Gasteiger partial charge in [0.15, 0.2) is 5.34 Å². The van der Waals surface area contributed by atoms with Gasteiger partial charge in [0, 0.05) is 5.75 Å². The van der Waals surface area contributed by atoms with E-state index in [0.29, 0.717) is 6.61 Å². The van der Waals surface area contributed by atoms with Crippen LogP contribution in [-0.2, 0) is 4.84 Å². The van der Waals surface area contributed by atoms with Gasteiger partial charge in [-0.2, -0.15) is 11.8 Å². The van der Waals surface area contributed by atoms with Crippen LogP contribution in [0.4, 0.5) is 0 Å². The average Bonchev–Trinajstić information content (AvgIpc) is 1.69. The van der Waals surface area contributed by atoms with Crippen molar-refractivity contribution in [3.8, 4) is 0 Å². The van der Waals surface area contributed by atoms with Crippen LogP contribution in [0.5, 0.6) is 0 Å². The number of thioether (sulfide) groups is 1. The van der Waals surface area contributed by atoms with Crippen molar-refractivity contribution in [1.82, 2.24) is 0 Å². The molecule has 7 heavy (non-hydrogen) atoms. The van der Waals surface area contributed by atoms with E-state index in [1.54, 1.807) is 11.8 Å². The molecular weight excluding hydrogens is 114 g/mol. The second kappa shape index (κ2) is 5.75. The van der Waals surface area contributed by atoms with Crippen LogP contribution in [0.3, 0.4) is 0 Å². The summed E-state index contributed by atoms with van der Waals surface area (Å²) >= 11 is 1.62. The Morgan fingerprint density at radius 3 is 3.00 bits per heavy atom. The molecule has 3 nitrogen and oxygen atoms in total. The molecule has 0 aliphatic carbocycles. The molecule has 0 aromatic heterocycles. The van der Waals surface area contributed by atoms with Crippen LogP contribution in [-0.4, -0.2) is 18.6 Å². The van der Waals surface area contributed by atoms with Gasteiger partial charge in [-0.1, -0.05) is 0 Å². The number of hydrogen-bond acceptors (Lipinski definition) is 4. The minimum absolute atomic E-state index is 0.421. The average molecular weight is 121 g/mol. The normalized spacial score (nSPS) is 8.14. The lowest BCUT2D eigenvalue weighted by Gasteiger charge is -1.88. The van der Waals surface area contributed by atoms with Crippen LogP contribution in [0.1, 0.15) is 0 Å². The Hall–Kier alpha value is -0.250. The Morgan fingerprint density at radius 2 is 2.57 bits per heavy atom. The quantitative estimate of drug-likeness (QED) is 0.317. The van der Waals surface area contributed by atoms with Gasteiger partial charge in [-0.25, -0.2) is 0 Å². The Morgan fingerprint density at radius 1 is 1.86 bits per heavy atom. The molecule has 0 saturated heterocycles. The van der Waals surface area contributed by atoms with Crippen molar-refractivity contribution in [1.29, 1.82) is 0 Å². The highest BCUT2D eigenvalue weighted by Crippen LogP contribution is 1.89. The topological polar surface area (TPSA) is 38.7 Å². The highest BCUT2D eigenvalue weighted by Gasteiger charge is 1.79. The Labute approximate surface area is 46.4 Å². The maximum atomic E-state index is 9.20. The fourth-order valence-corrected chi connectivity index (χ4v) is 0.399. The third kappa shape index (κ3) is 5.75. The fourth-order valence-electron chi connectivity index (χ4n) is 0.158. The molecule has 0 radical (unpaired) electrons. The highest BCUT2D eigenvalue weighted by atomic mass is 32.2. The predicted octanol–water partition coefficient (Wildman–Crippen LogP) is 1.05. The molecule has 0 spiro atoms. The van der Waals surface area contributed by atoms with Gasteiger partial charge in [0.1, 0.15) is 6.61 Å². The van der Waals surface area contributed by atoms with Gasteiger partial charge in [-0.3, -0.25) is 0 Å². The van der Waals surface area contributed by atoms with Gasteiger partial charge in [-0.15, -0.1) is 4.91 Å². The summed E-state index contributed by atoms with van der Waals surface area (Å²) in [5.74, 6) is 0.825. The van der Waals surface area contributed by atoms with Gasteiger partial charge in [-0.05, 0) is 6.26 Å². The van der Waals surface area contributed by atoms with Crippen molar-refractivity contribution >= 4 is 11.8 Å². The summed E-state index contributed by atoms with van der Waals surface area (Å²) in [7, 11) is 0. The predicted molar refractivity (Wildman–Crippen MR) is 30.1 cm³/mol. The van der Waals surface area contributed by atoms with Crippen LogP contribution in [0, 0.1) is 4.91 Å². The number of hydrogen-bond donors (Lipinski definition) is 0. The maximum absolute atomic E-state index is 9.20. The van der Waals surface area contributed by atoms with E-state index < -0.39 is 0 Å². The van der Waals surface area contributed by atoms with E-state index in [-0.39, 0.29) is 0 Å². The van der Waals surface area contributed by atoms with Gasteiger partial charge < -0.3 is 4.84 Å². The molecular formula is C3H7NO2S. The summed E-state index contributed by atoms with van der Waals surface area (Å²) in [6.45, 7) is 0.421. The lowest BCUT2D eigenvalue weighted by Crippen LogP contribution is -1.87. The van der Waals surface area contributed by atoms with Gasteiger partial charge in [0.25, 0.3) is 0 Å². The summed E-state index contributed by atoms with van der Waals surface area (Å²) in [6.07, 6.45) is 1.94. The van der Waals surface area contributed by atoms with Crippen LogP contribution >= 0.6 is 11.8 Å². The largest absolute Gasteiger partial charge is 0.363 e. The van der Waals surface area contributed by atoms with Crippen molar-refractivity contribution in [2.24, 2.45) is 5.34 Å². The molecule has 0 atom stereocenters. The Bertz CT molecular complexity index is 50.2. The number of nitrogens with zero attached hydrogens (tertiary/aromatic N) is 1. The van der Waals surface area contributed by atoms with Gasteiger partial charge in [0.2, 0.25) is 0 Å². The smallest absolute Gasteiger partial charge is 0.155 e. The molecule has 0 heterocycles. The van der Waals surface area contributed by atoms with Crippen molar-refractivity contribution in [2.75, 3.05) is 18.6 Å². The Balaban J connectivity index is 2.56. The second-order valence-corrected chi connectivity index (χ2v) is 1.89. The first-order chi connectivity index (χ1) is 3.41. The zero-order chi connectivity index (χ0) is 5.54. The minimum Gasteiger partial charge on any atom is -0.363 e. The molecule has 0 aliphatic heterocycles. The first-order valence-corrected chi connectivity index (χ1v) is 3.24. The van der Waals surface area contributed by atoms with E-state index >= 15 is 0 Å². The van der Waals surface area contributed by atoms with Crippen LogP contribution < -0.4 is 0 Å². The molecule has 42 valence electrons. The third-order valence-corrected chi connectivity index (χ3v) is 1.01. The van der Waals surface area contributed by atoms with Crippen molar-refractivity contribution in [3.05, 3.63) is 4.91 Å². The first-order valence-electron chi connectivity index (χ1n) is 1.85. The zero-order valence-electron chi connectivity index (χ0n) is 4.09. The molecule has 0 fully saturated rings. The van der Waals surface area contributed by atoms with Gasteiger partial charge in [0.05, 0.1) is 0 Å². The Kier molecular flexibility index (Phi) is 5.54. The minimum atomic E-state index is 0.421. The zero-order valence-corrected chi connectivity index (χ0v) is 4.90. The summed E-state index contributed by atoms with van der Waals surface area (Å²) in [4.78, 5) is 13.3.